The maximum atomic E-state index is 12.7. The van der Waals surface area contributed by atoms with Gasteiger partial charge in [-0.15, -0.1) is 0 Å². The fourth-order valence-electron chi connectivity index (χ4n) is 2.75. The Labute approximate surface area is 151 Å². The van der Waals surface area contributed by atoms with Crippen molar-refractivity contribution >= 4 is 11.7 Å². The van der Waals surface area contributed by atoms with Crippen molar-refractivity contribution in [1.82, 2.24) is 14.8 Å². The van der Waals surface area contributed by atoms with Crippen LogP contribution in [0.4, 0.5) is 5.82 Å². The molecule has 26 heavy (non-hydrogen) atoms. The molecule has 0 bridgehead atoms. The van der Waals surface area contributed by atoms with Crippen molar-refractivity contribution in [2.45, 2.75) is 6.92 Å². The molecule has 3 rings (SSSR count). The van der Waals surface area contributed by atoms with Gasteiger partial charge in [0.1, 0.15) is 11.6 Å². The third-order valence-corrected chi connectivity index (χ3v) is 4.04. The Morgan fingerprint density at radius 1 is 1.12 bits per heavy atom. The summed E-state index contributed by atoms with van der Waals surface area (Å²) in [5.41, 5.74) is 3.08. The molecule has 1 N–H and O–H groups in total. The van der Waals surface area contributed by atoms with Crippen molar-refractivity contribution in [2.75, 3.05) is 19.5 Å². The van der Waals surface area contributed by atoms with E-state index in [4.69, 9.17) is 9.47 Å². The minimum atomic E-state index is -0.261. The monoisotopic (exact) mass is 352 g/mol. The zero-order chi connectivity index (χ0) is 18.7. The van der Waals surface area contributed by atoms with Crippen LogP contribution in [0, 0.1) is 6.92 Å². The molecule has 134 valence electrons. The maximum Gasteiger partial charge on any atom is 0.257 e. The van der Waals surface area contributed by atoms with Crippen LogP contribution in [0.15, 0.2) is 42.6 Å². The summed E-state index contributed by atoms with van der Waals surface area (Å²) >= 11 is 0. The first-order valence-electron chi connectivity index (χ1n) is 8.03. The highest BCUT2D eigenvalue weighted by atomic mass is 16.5. The summed E-state index contributed by atoms with van der Waals surface area (Å²) in [7, 11) is 4.93. The number of ether oxygens (including phenoxy) is 2. The Balaban J connectivity index is 1.95. The van der Waals surface area contributed by atoms with Gasteiger partial charge in [0, 0.05) is 30.4 Å². The van der Waals surface area contributed by atoms with Gasteiger partial charge in [-0.1, -0.05) is 12.1 Å². The lowest BCUT2D eigenvalue weighted by Crippen LogP contribution is -2.15. The van der Waals surface area contributed by atoms with Crippen molar-refractivity contribution in [1.29, 1.82) is 0 Å². The maximum absolute atomic E-state index is 12.7. The van der Waals surface area contributed by atoms with Crippen LogP contribution in [0.2, 0.25) is 0 Å². The molecule has 2 aromatic heterocycles. The summed E-state index contributed by atoms with van der Waals surface area (Å²) in [6.07, 6.45) is 1.53. The third kappa shape index (κ3) is 3.37. The van der Waals surface area contributed by atoms with E-state index in [0.29, 0.717) is 17.3 Å². The van der Waals surface area contributed by atoms with E-state index in [-0.39, 0.29) is 5.91 Å². The van der Waals surface area contributed by atoms with Crippen molar-refractivity contribution < 1.29 is 14.3 Å². The van der Waals surface area contributed by atoms with Crippen molar-refractivity contribution in [2.24, 2.45) is 7.05 Å². The molecule has 0 aliphatic rings. The quantitative estimate of drug-likeness (QED) is 0.763. The lowest BCUT2D eigenvalue weighted by molar-refractivity contribution is 0.102. The summed E-state index contributed by atoms with van der Waals surface area (Å²) in [5.74, 6) is 1.51. The van der Waals surface area contributed by atoms with E-state index in [1.54, 1.807) is 31.0 Å². The number of methoxy groups -OCH3 is 2. The van der Waals surface area contributed by atoms with Gasteiger partial charge in [-0.25, -0.2) is 4.98 Å². The van der Waals surface area contributed by atoms with Gasteiger partial charge < -0.3 is 14.8 Å². The van der Waals surface area contributed by atoms with Gasteiger partial charge in [0.15, 0.2) is 0 Å². The standard InChI is InChI=1S/C19H20N4O3/c1-12-17(13-5-7-15(25-3)8-6-13)18(23(2)22-12)21-19(24)14-9-10-20-16(11-14)26-4/h5-11H,1-4H3,(H,21,24). The van der Waals surface area contributed by atoms with E-state index in [9.17, 15) is 4.79 Å². The number of carbonyl (C=O) groups is 1. The first-order chi connectivity index (χ1) is 12.5. The Bertz CT molecular complexity index is 932. The van der Waals surface area contributed by atoms with Gasteiger partial charge in [-0.3, -0.25) is 9.48 Å². The third-order valence-electron chi connectivity index (χ3n) is 4.04. The number of hydrogen-bond acceptors (Lipinski definition) is 5. The number of benzene rings is 1. The van der Waals surface area contributed by atoms with E-state index in [0.717, 1.165) is 22.6 Å². The fourth-order valence-corrected chi connectivity index (χ4v) is 2.75. The zero-order valence-electron chi connectivity index (χ0n) is 15.1. The first kappa shape index (κ1) is 17.5. The van der Waals surface area contributed by atoms with Crippen LogP contribution in [-0.4, -0.2) is 34.9 Å². The predicted molar refractivity (Wildman–Crippen MR) is 98.7 cm³/mol. The van der Waals surface area contributed by atoms with Crippen LogP contribution in [0.25, 0.3) is 11.1 Å². The first-order valence-corrected chi connectivity index (χ1v) is 8.03. The van der Waals surface area contributed by atoms with E-state index in [1.165, 1.54) is 13.3 Å². The molecular formula is C19H20N4O3. The van der Waals surface area contributed by atoms with Crippen molar-refractivity contribution in [3.05, 3.63) is 53.9 Å². The van der Waals surface area contributed by atoms with Gasteiger partial charge in [0.2, 0.25) is 5.88 Å². The van der Waals surface area contributed by atoms with Gasteiger partial charge >= 0.3 is 0 Å². The molecule has 0 aliphatic heterocycles. The number of aromatic nitrogens is 3. The van der Waals surface area contributed by atoms with Crippen LogP contribution in [-0.2, 0) is 7.05 Å². The lowest BCUT2D eigenvalue weighted by atomic mass is 10.1. The van der Waals surface area contributed by atoms with Crippen LogP contribution >= 0.6 is 0 Å². The fraction of sp³-hybridized carbons (Fsp3) is 0.211. The second-order valence-electron chi connectivity index (χ2n) is 5.70. The predicted octanol–water partition coefficient (Wildman–Crippen LogP) is 3.06. The highest BCUT2D eigenvalue weighted by molar-refractivity contribution is 6.06. The Morgan fingerprint density at radius 3 is 2.50 bits per heavy atom. The van der Waals surface area contributed by atoms with E-state index in [1.807, 2.05) is 31.2 Å². The van der Waals surface area contributed by atoms with Crippen molar-refractivity contribution in [3.63, 3.8) is 0 Å². The highest BCUT2D eigenvalue weighted by Gasteiger charge is 2.18. The van der Waals surface area contributed by atoms with E-state index in [2.05, 4.69) is 15.4 Å². The molecule has 0 saturated heterocycles. The minimum absolute atomic E-state index is 0.261. The van der Waals surface area contributed by atoms with Gasteiger partial charge in [0.25, 0.3) is 5.91 Å². The molecule has 1 aromatic carbocycles. The number of hydrogen-bond donors (Lipinski definition) is 1. The summed E-state index contributed by atoms with van der Waals surface area (Å²) in [6.45, 7) is 1.91. The molecule has 0 spiro atoms. The normalized spacial score (nSPS) is 10.5. The molecule has 0 radical (unpaired) electrons. The summed E-state index contributed by atoms with van der Waals surface area (Å²) in [5, 5.41) is 7.39. The van der Waals surface area contributed by atoms with E-state index < -0.39 is 0 Å². The zero-order valence-corrected chi connectivity index (χ0v) is 15.1. The Hall–Kier alpha value is -3.35. The molecule has 0 unspecified atom stereocenters. The second-order valence-corrected chi connectivity index (χ2v) is 5.70. The van der Waals surface area contributed by atoms with Gasteiger partial charge in [-0.2, -0.15) is 5.10 Å². The average Bonchev–Trinajstić information content (AvgIpc) is 2.95. The average molecular weight is 352 g/mol. The summed E-state index contributed by atoms with van der Waals surface area (Å²) in [6, 6.07) is 10.9. The second kappa shape index (κ2) is 7.26. The highest BCUT2D eigenvalue weighted by Crippen LogP contribution is 2.32. The molecule has 0 atom stereocenters. The molecule has 3 aromatic rings. The van der Waals surface area contributed by atoms with Crippen molar-refractivity contribution in [3.8, 4) is 22.8 Å². The molecule has 2 heterocycles. The van der Waals surface area contributed by atoms with Gasteiger partial charge in [0.05, 0.1) is 19.9 Å². The molecule has 0 fully saturated rings. The lowest BCUT2D eigenvalue weighted by Gasteiger charge is -2.10. The Morgan fingerprint density at radius 2 is 1.85 bits per heavy atom. The number of rotatable bonds is 5. The molecule has 0 saturated carbocycles. The van der Waals surface area contributed by atoms with E-state index >= 15 is 0 Å². The summed E-state index contributed by atoms with van der Waals surface area (Å²) in [4.78, 5) is 16.7. The van der Waals surface area contributed by atoms with Crippen LogP contribution in [0.5, 0.6) is 11.6 Å². The SMILES string of the molecule is COc1ccc(-c2c(C)nn(C)c2NC(=O)c2ccnc(OC)c2)cc1. The number of carbonyl (C=O) groups excluding carboxylic acids is 1. The van der Waals surface area contributed by atoms with Crippen LogP contribution in [0.1, 0.15) is 16.1 Å². The topological polar surface area (TPSA) is 78.3 Å². The molecule has 1 amide bonds. The number of nitrogens with zero attached hydrogens (tertiary/aromatic N) is 3. The number of aryl methyl sites for hydroxylation is 2. The largest absolute Gasteiger partial charge is 0.497 e. The molecule has 0 aliphatic carbocycles. The minimum Gasteiger partial charge on any atom is -0.497 e. The van der Waals surface area contributed by atoms with Crippen LogP contribution < -0.4 is 14.8 Å². The Kier molecular flexibility index (Phi) is 4.88. The summed E-state index contributed by atoms with van der Waals surface area (Å²) < 4.78 is 11.9. The van der Waals surface area contributed by atoms with Gasteiger partial charge in [-0.05, 0) is 30.7 Å². The molecular weight excluding hydrogens is 332 g/mol. The molecule has 7 nitrogen and oxygen atoms in total. The number of amides is 1. The molecule has 7 heteroatoms. The number of nitrogens with one attached hydrogen (secondary N) is 1. The smallest absolute Gasteiger partial charge is 0.257 e. The van der Waals surface area contributed by atoms with Crippen LogP contribution in [0.3, 0.4) is 0 Å². The number of anilines is 1. The number of pyridine rings is 1.